The van der Waals surface area contributed by atoms with Gasteiger partial charge in [-0.25, -0.2) is 0 Å². The summed E-state index contributed by atoms with van der Waals surface area (Å²) in [6.45, 7) is 4.05. The van der Waals surface area contributed by atoms with E-state index in [9.17, 15) is 9.59 Å². The molecule has 0 atom stereocenters. The van der Waals surface area contributed by atoms with Gasteiger partial charge < -0.3 is 10.3 Å². The van der Waals surface area contributed by atoms with Crippen molar-refractivity contribution >= 4 is 16.8 Å². The van der Waals surface area contributed by atoms with E-state index in [4.69, 9.17) is 0 Å². The van der Waals surface area contributed by atoms with E-state index in [0.29, 0.717) is 24.4 Å². The van der Waals surface area contributed by atoms with Crippen LogP contribution in [0, 0.1) is 13.8 Å². The first kappa shape index (κ1) is 13.9. The lowest BCUT2D eigenvalue weighted by Crippen LogP contribution is -2.26. The number of aromatic nitrogens is 1. The van der Waals surface area contributed by atoms with Crippen molar-refractivity contribution in [3.8, 4) is 0 Å². The quantitative estimate of drug-likeness (QED) is 0.905. The van der Waals surface area contributed by atoms with Crippen molar-refractivity contribution in [1.29, 1.82) is 0 Å². The molecule has 4 nitrogen and oxygen atoms in total. The summed E-state index contributed by atoms with van der Waals surface area (Å²) in [6, 6.07) is 6.38. The van der Waals surface area contributed by atoms with Crippen LogP contribution in [0.3, 0.4) is 0 Å². The summed E-state index contributed by atoms with van der Waals surface area (Å²) in [5, 5.41) is 4.00. The first-order chi connectivity index (χ1) is 10.0. The predicted octanol–water partition coefficient (Wildman–Crippen LogP) is 2.36. The summed E-state index contributed by atoms with van der Waals surface area (Å²) in [7, 11) is 0. The fourth-order valence-corrected chi connectivity index (χ4v) is 2.68. The van der Waals surface area contributed by atoms with E-state index in [-0.39, 0.29) is 11.5 Å². The van der Waals surface area contributed by atoms with E-state index in [1.807, 2.05) is 26.0 Å². The van der Waals surface area contributed by atoms with Crippen molar-refractivity contribution in [3.05, 3.63) is 45.2 Å². The lowest BCUT2D eigenvalue weighted by atomic mass is 10.0. The zero-order valence-corrected chi connectivity index (χ0v) is 12.5. The van der Waals surface area contributed by atoms with E-state index < -0.39 is 0 Å². The van der Waals surface area contributed by atoms with E-state index in [1.165, 1.54) is 0 Å². The third-order valence-corrected chi connectivity index (χ3v) is 3.95. The molecular weight excluding hydrogens is 264 g/mol. The molecule has 1 fully saturated rings. The molecule has 110 valence electrons. The van der Waals surface area contributed by atoms with Gasteiger partial charge in [-0.3, -0.25) is 9.59 Å². The van der Waals surface area contributed by atoms with Gasteiger partial charge in [0.2, 0.25) is 5.91 Å². The highest BCUT2D eigenvalue weighted by Gasteiger charge is 2.23. The number of pyridine rings is 1. The van der Waals surface area contributed by atoms with Crippen LogP contribution in [0.25, 0.3) is 10.9 Å². The molecule has 2 N–H and O–H groups in total. The van der Waals surface area contributed by atoms with Gasteiger partial charge in [-0.05, 0) is 56.4 Å². The highest BCUT2D eigenvalue weighted by atomic mass is 16.1. The van der Waals surface area contributed by atoms with Gasteiger partial charge >= 0.3 is 0 Å². The number of carbonyl (C=O) groups is 1. The second-order valence-electron chi connectivity index (χ2n) is 6.01. The molecule has 1 aromatic heterocycles. The number of benzene rings is 1. The van der Waals surface area contributed by atoms with Gasteiger partial charge in [0.05, 0.1) is 0 Å². The number of aromatic amines is 1. The Morgan fingerprint density at radius 3 is 2.76 bits per heavy atom. The highest BCUT2D eigenvalue weighted by molar-refractivity contribution is 5.83. The summed E-state index contributed by atoms with van der Waals surface area (Å²) < 4.78 is 0. The van der Waals surface area contributed by atoms with Crippen molar-refractivity contribution in [2.75, 3.05) is 0 Å². The van der Waals surface area contributed by atoms with Crippen molar-refractivity contribution in [2.45, 2.75) is 45.6 Å². The Morgan fingerprint density at radius 2 is 2.05 bits per heavy atom. The lowest BCUT2D eigenvalue weighted by molar-refractivity contribution is -0.121. The second-order valence-corrected chi connectivity index (χ2v) is 6.01. The number of rotatable bonds is 4. The number of amides is 1. The van der Waals surface area contributed by atoms with Crippen LogP contribution in [0.15, 0.2) is 23.0 Å². The van der Waals surface area contributed by atoms with Crippen LogP contribution in [-0.2, 0) is 11.2 Å². The van der Waals surface area contributed by atoms with Crippen LogP contribution in [0.1, 0.15) is 36.0 Å². The number of hydrogen-bond acceptors (Lipinski definition) is 2. The maximum Gasteiger partial charge on any atom is 0.251 e. The minimum Gasteiger partial charge on any atom is -0.353 e. The first-order valence-electron chi connectivity index (χ1n) is 7.45. The molecule has 2 aromatic rings. The molecule has 0 radical (unpaired) electrons. The number of aryl methyl sites for hydroxylation is 3. The normalized spacial score (nSPS) is 14.4. The molecule has 0 unspecified atom stereocenters. The summed E-state index contributed by atoms with van der Waals surface area (Å²) in [4.78, 5) is 26.8. The SMILES string of the molecule is Cc1cc(C)c2cc(CCC(=O)NC3CC3)c(=O)[nH]c2c1. The molecule has 1 amide bonds. The molecule has 0 saturated heterocycles. The Labute approximate surface area is 123 Å². The number of fused-ring (bicyclic) bond motifs is 1. The minimum absolute atomic E-state index is 0.0395. The summed E-state index contributed by atoms with van der Waals surface area (Å²) >= 11 is 0. The molecule has 0 bridgehead atoms. The van der Waals surface area contributed by atoms with Gasteiger partial charge in [-0.2, -0.15) is 0 Å². The monoisotopic (exact) mass is 284 g/mol. The lowest BCUT2D eigenvalue weighted by Gasteiger charge is -2.07. The Bertz CT molecular complexity index is 757. The molecule has 0 aliphatic heterocycles. The smallest absolute Gasteiger partial charge is 0.251 e. The third-order valence-electron chi connectivity index (χ3n) is 3.95. The molecule has 1 aromatic carbocycles. The zero-order chi connectivity index (χ0) is 15.0. The Balaban J connectivity index is 1.83. The van der Waals surface area contributed by atoms with E-state index >= 15 is 0 Å². The largest absolute Gasteiger partial charge is 0.353 e. The fourth-order valence-electron chi connectivity index (χ4n) is 2.68. The number of nitrogens with one attached hydrogen (secondary N) is 2. The van der Waals surface area contributed by atoms with Crippen LogP contribution in [0.4, 0.5) is 0 Å². The molecule has 0 spiro atoms. The van der Waals surface area contributed by atoms with Gasteiger partial charge in [0.1, 0.15) is 0 Å². The highest BCUT2D eigenvalue weighted by Crippen LogP contribution is 2.20. The fraction of sp³-hybridized carbons (Fsp3) is 0.412. The number of hydrogen-bond donors (Lipinski definition) is 2. The molecule has 3 rings (SSSR count). The van der Waals surface area contributed by atoms with E-state index in [0.717, 1.165) is 34.9 Å². The summed E-state index contributed by atoms with van der Waals surface area (Å²) in [5.41, 5.74) is 3.73. The van der Waals surface area contributed by atoms with Crippen LogP contribution >= 0.6 is 0 Å². The van der Waals surface area contributed by atoms with Crippen LogP contribution < -0.4 is 10.9 Å². The van der Waals surface area contributed by atoms with Crippen molar-refractivity contribution in [2.24, 2.45) is 0 Å². The van der Waals surface area contributed by atoms with E-state index in [2.05, 4.69) is 16.4 Å². The van der Waals surface area contributed by atoms with Crippen LogP contribution in [0.2, 0.25) is 0 Å². The molecule has 4 heteroatoms. The Kier molecular flexibility index (Phi) is 3.53. The molecule has 1 heterocycles. The maximum atomic E-state index is 12.1. The zero-order valence-electron chi connectivity index (χ0n) is 12.5. The van der Waals surface area contributed by atoms with Gasteiger partial charge in [0.15, 0.2) is 0 Å². The maximum absolute atomic E-state index is 12.1. The topological polar surface area (TPSA) is 62.0 Å². The Morgan fingerprint density at radius 1 is 1.29 bits per heavy atom. The Hall–Kier alpha value is -2.10. The predicted molar refractivity (Wildman–Crippen MR) is 83.5 cm³/mol. The summed E-state index contributed by atoms with van der Waals surface area (Å²) in [6.07, 6.45) is 3.02. The molecular formula is C17H20N2O2. The van der Waals surface area contributed by atoms with Gasteiger partial charge in [-0.1, -0.05) is 6.07 Å². The van der Waals surface area contributed by atoms with Crippen molar-refractivity contribution in [3.63, 3.8) is 0 Å². The summed E-state index contributed by atoms with van der Waals surface area (Å²) in [5.74, 6) is 0.0395. The molecule has 21 heavy (non-hydrogen) atoms. The minimum atomic E-state index is -0.0910. The van der Waals surface area contributed by atoms with Crippen LogP contribution in [-0.4, -0.2) is 16.9 Å². The number of carbonyl (C=O) groups excluding carboxylic acids is 1. The second kappa shape index (κ2) is 5.35. The van der Waals surface area contributed by atoms with Crippen molar-refractivity contribution < 1.29 is 4.79 Å². The van der Waals surface area contributed by atoms with Gasteiger partial charge in [0.25, 0.3) is 5.56 Å². The van der Waals surface area contributed by atoms with Crippen molar-refractivity contribution in [1.82, 2.24) is 10.3 Å². The molecule has 1 aliphatic carbocycles. The molecule has 1 aliphatic rings. The molecule has 1 saturated carbocycles. The third kappa shape index (κ3) is 3.15. The van der Waals surface area contributed by atoms with Crippen LogP contribution in [0.5, 0.6) is 0 Å². The standard InChI is InChI=1S/C17H20N2O2/c1-10-7-11(2)14-9-12(17(21)19-15(14)8-10)3-6-16(20)18-13-4-5-13/h7-9,13H,3-6H2,1-2H3,(H,18,20)(H,19,21). The van der Waals surface area contributed by atoms with E-state index in [1.54, 1.807) is 0 Å². The average Bonchev–Trinajstić information content (AvgIpc) is 3.20. The van der Waals surface area contributed by atoms with Gasteiger partial charge in [-0.15, -0.1) is 0 Å². The first-order valence-corrected chi connectivity index (χ1v) is 7.45. The average molecular weight is 284 g/mol. The number of H-pyrrole nitrogens is 1. The van der Waals surface area contributed by atoms with Gasteiger partial charge in [0, 0.05) is 28.9 Å².